The second kappa shape index (κ2) is 6.13. The van der Waals surface area contributed by atoms with Gasteiger partial charge in [0.2, 0.25) is 5.95 Å². The molecule has 7 nitrogen and oxygen atoms in total. The molecule has 0 fully saturated rings. The third-order valence-corrected chi connectivity index (χ3v) is 2.89. The molecule has 0 radical (unpaired) electrons. The van der Waals surface area contributed by atoms with Gasteiger partial charge in [-0.2, -0.15) is 4.98 Å². The van der Waals surface area contributed by atoms with Gasteiger partial charge in [0, 0.05) is 18.0 Å². The molecule has 112 valence electrons. The van der Waals surface area contributed by atoms with Crippen molar-refractivity contribution in [1.82, 2.24) is 15.1 Å². The molecule has 0 atom stereocenters. The Labute approximate surface area is 127 Å². The van der Waals surface area contributed by atoms with E-state index in [1.54, 1.807) is 25.4 Å². The fourth-order valence-corrected chi connectivity index (χ4v) is 1.85. The van der Waals surface area contributed by atoms with Gasteiger partial charge in [-0.15, -0.1) is 0 Å². The van der Waals surface area contributed by atoms with E-state index in [1.807, 2.05) is 31.2 Å². The van der Waals surface area contributed by atoms with Gasteiger partial charge in [0.05, 0.1) is 7.11 Å². The lowest BCUT2D eigenvalue weighted by Gasteiger charge is -2.07. The first-order valence-corrected chi connectivity index (χ1v) is 6.67. The summed E-state index contributed by atoms with van der Waals surface area (Å²) in [5, 5.41) is 10.0. The number of ether oxygens (including phenoxy) is 1. The highest BCUT2D eigenvalue weighted by Gasteiger charge is 2.04. The fourth-order valence-electron chi connectivity index (χ4n) is 1.85. The Kier molecular flexibility index (Phi) is 3.86. The molecule has 0 aliphatic carbocycles. The van der Waals surface area contributed by atoms with Crippen LogP contribution in [0.2, 0.25) is 0 Å². The lowest BCUT2D eigenvalue weighted by molar-refractivity contribution is 0.400. The van der Waals surface area contributed by atoms with E-state index in [4.69, 9.17) is 9.26 Å². The molecule has 2 N–H and O–H groups in total. The van der Waals surface area contributed by atoms with E-state index in [9.17, 15) is 0 Å². The maximum atomic E-state index is 5.12. The molecular weight excluding hydrogens is 282 g/mol. The number of hydrogen-bond donors (Lipinski definition) is 2. The number of rotatable bonds is 5. The van der Waals surface area contributed by atoms with Crippen LogP contribution in [0.25, 0.3) is 0 Å². The summed E-state index contributed by atoms with van der Waals surface area (Å²) >= 11 is 0. The smallest absolute Gasteiger partial charge is 0.229 e. The van der Waals surface area contributed by atoms with Crippen LogP contribution in [0.1, 0.15) is 5.76 Å². The first-order chi connectivity index (χ1) is 10.7. The highest BCUT2D eigenvalue weighted by molar-refractivity contribution is 5.58. The molecule has 0 bridgehead atoms. The summed E-state index contributed by atoms with van der Waals surface area (Å²) in [6.45, 7) is 1.83. The zero-order valence-electron chi connectivity index (χ0n) is 12.2. The predicted molar refractivity (Wildman–Crippen MR) is 82.8 cm³/mol. The van der Waals surface area contributed by atoms with Crippen LogP contribution in [0.4, 0.5) is 23.3 Å². The molecule has 3 aromatic rings. The summed E-state index contributed by atoms with van der Waals surface area (Å²) in [5.41, 5.74) is 0.871. The summed E-state index contributed by atoms with van der Waals surface area (Å²) in [5.74, 6) is 3.23. The van der Waals surface area contributed by atoms with E-state index in [1.165, 1.54) is 0 Å². The molecule has 7 heteroatoms. The highest BCUT2D eigenvalue weighted by Crippen LogP contribution is 2.19. The molecule has 2 aromatic heterocycles. The molecule has 1 aromatic carbocycles. The monoisotopic (exact) mass is 297 g/mol. The highest BCUT2D eigenvalue weighted by atomic mass is 16.5. The molecule has 0 aliphatic rings. The summed E-state index contributed by atoms with van der Waals surface area (Å²) in [6, 6.07) is 11.1. The van der Waals surface area contributed by atoms with Crippen molar-refractivity contribution in [2.75, 3.05) is 17.7 Å². The van der Waals surface area contributed by atoms with Crippen LogP contribution in [0.15, 0.2) is 47.1 Å². The number of aryl methyl sites for hydroxylation is 1. The third kappa shape index (κ3) is 3.32. The van der Waals surface area contributed by atoms with Gasteiger partial charge in [-0.05, 0) is 37.3 Å². The normalized spacial score (nSPS) is 10.3. The standard InChI is InChI=1S/C15H15N5O2/c1-10-9-14(20-22-10)18-13-7-8-16-15(19-13)17-11-3-5-12(21-2)6-4-11/h3-9H,1-2H3,(H2,16,17,18,19,20). The summed E-state index contributed by atoms with van der Waals surface area (Å²) < 4.78 is 10.1. The van der Waals surface area contributed by atoms with E-state index >= 15 is 0 Å². The Morgan fingerprint density at radius 2 is 1.86 bits per heavy atom. The molecule has 3 rings (SSSR count). The Bertz CT molecular complexity index is 755. The number of benzene rings is 1. The Morgan fingerprint density at radius 3 is 2.55 bits per heavy atom. The van der Waals surface area contributed by atoms with Crippen molar-refractivity contribution in [2.45, 2.75) is 6.92 Å². The first-order valence-electron chi connectivity index (χ1n) is 6.67. The number of methoxy groups -OCH3 is 1. The van der Waals surface area contributed by atoms with Crippen LogP contribution in [0.5, 0.6) is 5.75 Å². The second-order valence-electron chi connectivity index (χ2n) is 4.57. The lowest BCUT2D eigenvalue weighted by Crippen LogP contribution is -2.00. The van der Waals surface area contributed by atoms with Crippen LogP contribution in [0.3, 0.4) is 0 Å². The van der Waals surface area contributed by atoms with Crippen molar-refractivity contribution in [3.8, 4) is 5.75 Å². The SMILES string of the molecule is COc1ccc(Nc2nccc(Nc3cc(C)on3)n2)cc1. The van der Waals surface area contributed by atoms with Crippen molar-refractivity contribution in [3.05, 3.63) is 48.4 Å². The van der Waals surface area contributed by atoms with Gasteiger partial charge in [0.1, 0.15) is 17.3 Å². The van der Waals surface area contributed by atoms with Gasteiger partial charge in [0.15, 0.2) is 5.82 Å². The minimum Gasteiger partial charge on any atom is -0.497 e. The number of hydrogen-bond acceptors (Lipinski definition) is 7. The molecular formula is C15H15N5O2. The largest absolute Gasteiger partial charge is 0.497 e. The van der Waals surface area contributed by atoms with Crippen LogP contribution < -0.4 is 15.4 Å². The van der Waals surface area contributed by atoms with Crippen LogP contribution >= 0.6 is 0 Å². The van der Waals surface area contributed by atoms with Gasteiger partial charge in [-0.1, -0.05) is 5.16 Å². The van der Waals surface area contributed by atoms with Gasteiger partial charge in [0.25, 0.3) is 0 Å². The zero-order valence-corrected chi connectivity index (χ0v) is 12.2. The predicted octanol–water partition coefficient (Wildman–Crippen LogP) is 3.27. The van der Waals surface area contributed by atoms with Gasteiger partial charge >= 0.3 is 0 Å². The molecule has 0 amide bonds. The van der Waals surface area contributed by atoms with E-state index in [-0.39, 0.29) is 0 Å². The minimum atomic E-state index is 0.482. The maximum absolute atomic E-state index is 5.12. The van der Waals surface area contributed by atoms with Crippen molar-refractivity contribution >= 4 is 23.3 Å². The lowest BCUT2D eigenvalue weighted by atomic mass is 10.3. The van der Waals surface area contributed by atoms with Crippen molar-refractivity contribution in [3.63, 3.8) is 0 Å². The molecule has 2 heterocycles. The Hall–Kier alpha value is -3.09. The van der Waals surface area contributed by atoms with Crippen molar-refractivity contribution in [1.29, 1.82) is 0 Å². The quantitative estimate of drug-likeness (QED) is 0.747. The minimum absolute atomic E-state index is 0.482. The summed E-state index contributed by atoms with van der Waals surface area (Å²) in [4.78, 5) is 8.56. The van der Waals surface area contributed by atoms with Crippen LogP contribution in [-0.4, -0.2) is 22.2 Å². The zero-order chi connectivity index (χ0) is 15.4. The Morgan fingerprint density at radius 1 is 1.05 bits per heavy atom. The maximum Gasteiger partial charge on any atom is 0.229 e. The number of nitrogens with zero attached hydrogens (tertiary/aromatic N) is 3. The third-order valence-electron chi connectivity index (χ3n) is 2.89. The first kappa shape index (κ1) is 13.9. The van der Waals surface area contributed by atoms with Gasteiger partial charge < -0.3 is 19.9 Å². The molecule has 0 saturated heterocycles. The molecule has 22 heavy (non-hydrogen) atoms. The molecule has 0 spiro atoms. The van der Waals surface area contributed by atoms with E-state index in [0.717, 1.165) is 17.2 Å². The van der Waals surface area contributed by atoms with E-state index < -0.39 is 0 Å². The van der Waals surface area contributed by atoms with Crippen molar-refractivity contribution < 1.29 is 9.26 Å². The second-order valence-corrected chi connectivity index (χ2v) is 4.57. The number of aromatic nitrogens is 3. The fraction of sp³-hybridized carbons (Fsp3) is 0.133. The Balaban J connectivity index is 1.72. The van der Waals surface area contributed by atoms with Crippen LogP contribution in [0, 0.1) is 6.92 Å². The topological polar surface area (TPSA) is 85.1 Å². The summed E-state index contributed by atoms with van der Waals surface area (Å²) in [7, 11) is 1.63. The average Bonchev–Trinajstić information content (AvgIpc) is 2.93. The molecule has 0 aliphatic heterocycles. The van der Waals surface area contributed by atoms with Gasteiger partial charge in [-0.25, -0.2) is 4.98 Å². The number of nitrogens with one attached hydrogen (secondary N) is 2. The molecule has 0 saturated carbocycles. The summed E-state index contributed by atoms with van der Waals surface area (Å²) in [6.07, 6.45) is 1.66. The van der Waals surface area contributed by atoms with Gasteiger partial charge in [-0.3, -0.25) is 0 Å². The average molecular weight is 297 g/mol. The molecule has 0 unspecified atom stereocenters. The van der Waals surface area contributed by atoms with E-state index in [2.05, 4.69) is 25.8 Å². The number of anilines is 4. The van der Waals surface area contributed by atoms with Crippen LogP contribution in [-0.2, 0) is 0 Å². The van der Waals surface area contributed by atoms with E-state index in [0.29, 0.717) is 17.6 Å². The van der Waals surface area contributed by atoms with Crippen molar-refractivity contribution in [2.24, 2.45) is 0 Å².